The Labute approximate surface area is 175 Å². The molecule has 3 heterocycles. The van der Waals surface area contributed by atoms with Crippen LogP contribution in [-0.2, 0) is 9.59 Å². The smallest absolute Gasteiger partial charge is 0.353 e. The van der Waals surface area contributed by atoms with Crippen LogP contribution in [-0.4, -0.2) is 81.8 Å². The number of carboxylic acid groups (broad SMARTS) is 1. The van der Waals surface area contributed by atoms with Gasteiger partial charge in [0.2, 0.25) is 5.91 Å². The zero-order chi connectivity index (χ0) is 19.9. The fourth-order valence-electron chi connectivity index (χ4n) is 4.54. The van der Waals surface area contributed by atoms with Crippen molar-refractivity contribution in [2.75, 3.05) is 20.2 Å². The quantitative estimate of drug-likeness (QED) is 0.338. The van der Waals surface area contributed by atoms with E-state index in [1.165, 1.54) is 4.90 Å². The molecule has 0 aliphatic carbocycles. The maximum Gasteiger partial charge on any atom is 0.353 e. The average molecular weight is 436 g/mol. The largest absolute Gasteiger partial charge is 0.477 e. The lowest BCUT2D eigenvalue weighted by atomic mass is 9.79. The van der Waals surface area contributed by atoms with Gasteiger partial charge in [0, 0.05) is 34.7 Å². The average Bonchev–Trinajstić information content (AvgIpc) is 3.14. The minimum atomic E-state index is -1.08. The summed E-state index contributed by atoms with van der Waals surface area (Å²) >= 11 is 1.55. The highest BCUT2D eigenvalue weighted by molar-refractivity contribution is 8.03. The van der Waals surface area contributed by atoms with Gasteiger partial charge in [0.25, 0.3) is 0 Å². The van der Waals surface area contributed by atoms with Gasteiger partial charge in [-0.1, -0.05) is 6.92 Å². The molecule has 7 atom stereocenters. The van der Waals surface area contributed by atoms with Crippen molar-refractivity contribution < 1.29 is 24.9 Å². The van der Waals surface area contributed by atoms with Gasteiger partial charge in [-0.2, -0.15) is 0 Å². The molecule has 160 valence electrons. The second-order valence-corrected chi connectivity index (χ2v) is 9.10. The number of β-lactam (4-membered cyclic amide) rings is 1. The molecule has 2 fully saturated rings. The first-order valence-electron chi connectivity index (χ1n) is 9.46. The van der Waals surface area contributed by atoms with Crippen molar-refractivity contribution in [3.8, 4) is 0 Å². The first-order chi connectivity index (χ1) is 12.8. The lowest BCUT2D eigenvalue weighted by Crippen LogP contribution is -2.63. The van der Waals surface area contributed by atoms with E-state index in [0.717, 1.165) is 24.3 Å². The number of aliphatic carboxylic acids is 1. The molecule has 0 spiro atoms. The number of hydrogen-bond donors (Lipinski definition) is 5. The minimum Gasteiger partial charge on any atom is -0.477 e. The van der Waals surface area contributed by atoms with Crippen molar-refractivity contribution >= 4 is 36.0 Å². The third-order valence-corrected chi connectivity index (χ3v) is 7.50. The third-order valence-electron chi connectivity index (χ3n) is 5.98. The van der Waals surface area contributed by atoms with Gasteiger partial charge in [0.1, 0.15) is 5.70 Å². The maximum atomic E-state index is 12.4. The Bertz CT molecular complexity index is 643. The standard InChI is InChI=1S/C18H29N3O5S.ClH/c1-8-14-13(9(2)23)17(24)21(14)15(18(25)26)16(8)27-12-5-10(20-6-12)4-11(7-22)19-3;/h8-14,19-20,22-23H,4-7H2,1-3H3,(H,25,26);1H/t8-,9-,10-,11?,12+,13-,14-;/m1./s1. The van der Waals surface area contributed by atoms with Gasteiger partial charge < -0.3 is 30.9 Å². The molecule has 3 rings (SSSR count). The van der Waals surface area contributed by atoms with Crippen LogP contribution in [0, 0.1) is 11.8 Å². The number of likely N-dealkylation sites (N-methyl/N-ethyl adjacent to an activating group) is 1. The van der Waals surface area contributed by atoms with Gasteiger partial charge in [-0.05, 0) is 26.8 Å². The third kappa shape index (κ3) is 4.06. The van der Waals surface area contributed by atoms with Crippen LogP contribution in [0.5, 0.6) is 0 Å². The number of carbonyl (C=O) groups excluding carboxylic acids is 1. The highest BCUT2D eigenvalue weighted by Crippen LogP contribution is 2.51. The van der Waals surface area contributed by atoms with Crippen LogP contribution in [0.4, 0.5) is 0 Å². The van der Waals surface area contributed by atoms with E-state index in [1.807, 2.05) is 14.0 Å². The van der Waals surface area contributed by atoms with E-state index >= 15 is 0 Å². The van der Waals surface area contributed by atoms with Crippen molar-refractivity contribution in [2.24, 2.45) is 11.8 Å². The highest BCUT2D eigenvalue weighted by Gasteiger charge is 2.60. The van der Waals surface area contributed by atoms with Crippen molar-refractivity contribution in [2.45, 2.75) is 56.2 Å². The van der Waals surface area contributed by atoms with Gasteiger partial charge in [-0.15, -0.1) is 24.2 Å². The van der Waals surface area contributed by atoms with Crippen molar-refractivity contribution in [3.05, 3.63) is 10.6 Å². The molecule has 3 aliphatic rings. The number of carboxylic acids is 1. The van der Waals surface area contributed by atoms with E-state index in [4.69, 9.17) is 0 Å². The Hall–Kier alpha value is -0.840. The fourth-order valence-corrected chi connectivity index (χ4v) is 6.06. The molecular weight excluding hydrogens is 406 g/mol. The maximum absolute atomic E-state index is 12.4. The monoisotopic (exact) mass is 435 g/mol. The topological polar surface area (TPSA) is 122 Å². The van der Waals surface area contributed by atoms with E-state index in [9.17, 15) is 24.9 Å². The van der Waals surface area contributed by atoms with E-state index < -0.39 is 18.0 Å². The summed E-state index contributed by atoms with van der Waals surface area (Å²) in [5, 5.41) is 35.7. The molecule has 0 aromatic carbocycles. The molecule has 0 radical (unpaired) electrons. The molecule has 0 aromatic rings. The van der Waals surface area contributed by atoms with Gasteiger partial charge in [-0.25, -0.2) is 4.79 Å². The van der Waals surface area contributed by atoms with E-state index in [2.05, 4.69) is 10.6 Å². The lowest BCUT2D eigenvalue weighted by Gasteiger charge is -2.46. The van der Waals surface area contributed by atoms with Gasteiger partial charge in [0.05, 0.1) is 24.7 Å². The summed E-state index contributed by atoms with van der Waals surface area (Å²) in [5.41, 5.74) is 0.0892. The number of fused-ring (bicyclic) bond motifs is 1. The van der Waals surface area contributed by atoms with E-state index in [-0.39, 0.29) is 59.9 Å². The van der Waals surface area contributed by atoms with Crippen molar-refractivity contribution in [3.63, 3.8) is 0 Å². The molecule has 10 heteroatoms. The number of halogens is 1. The predicted octanol–water partition coefficient (Wildman–Crippen LogP) is -0.00400. The van der Waals surface area contributed by atoms with Crippen LogP contribution in [0.3, 0.4) is 0 Å². The molecular formula is C18H30ClN3O5S. The first kappa shape index (κ1) is 23.4. The van der Waals surface area contributed by atoms with Crippen LogP contribution in [0.15, 0.2) is 10.6 Å². The molecule has 2 saturated heterocycles. The zero-order valence-electron chi connectivity index (χ0n) is 16.3. The van der Waals surface area contributed by atoms with Gasteiger partial charge in [-0.3, -0.25) is 4.79 Å². The summed E-state index contributed by atoms with van der Waals surface area (Å²) in [6.07, 6.45) is 0.904. The number of aliphatic hydroxyl groups excluding tert-OH is 2. The molecule has 1 amide bonds. The number of thioether (sulfide) groups is 1. The Morgan fingerprint density at radius 2 is 2.14 bits per heavy atom. The number of aliphatic hydroxyl groups is 2. The Morgan fingerprint density at radius 1 is 1.46 bits per heavy atom. The van der Waals surface area contributed by atoms with Crippen LogP contribution in [0.2, 0.25) is 0 Å². The Kier molecular flexibility index (Phi) is 7.80. The van der Waals surface area contributed by atoms with Crippen molar-refractivity contribution in [1.82, 2.24) is 15.5 Å². The van der Waals surface area contributed by atoms with Crippen LogP contribution < -0.4 is 10.6 Å². The molecule has 3 aliphatic heterocycles. The SMILES string of the molecule is CNC(CO)C[C@@H]1C[C@H](SC2=C(C(=O)O)N3C(=O)[C@H]([C@@H](C)O)[C@H]3[C@H]2C)CN1.Cl. The van der Waals surface area contributed by atoms with Crippen LogP contribution in [0.25, 0.3) is 0 Å². The second kappa shape index (κ2) is 9.32. The molecule has 28 heavy (non-hydrogen) atoms. The number of rotatable bonds is 8. The predicted molar refractivity (Wildman–Crippen MR) is 109 cm³/mol. The second-order valence-electron chi connectivity index (χ2n) is 7.76. The number of hydrogen-bond acceptors (Lipinski definition) is 7. The number of nitrogens with one attached hydrogen (secondary N) is 2. The summed E-state index contributed by atoms with van der Waals surface area (Å²) in [5.74, 6) is -2.00. The molecule has 5 N–H and O–H groups in total. The normalized spacial score (nSPS) is 34.0. The van der Waals surface area contributed by atoms with E-state index in [0.29, 0.717) is 0 Å². The van der Waals surface area contributed by atoms with E-state index in [1.54, 1.807) is 18.7 Å². The fraction of sp³-hybridized carbons (Fsp3) is 0.778. The number of amides is 1. The number of carbonyl (C=O) groups is 2. The van der Waals surface area contributed by atoms with Crippen LogP contribution >= 0.6 is 24.2 Å². The molecule has 0 saturated carbocycles. The molecule has 0 aromatic heterocycles. The zero-order valence-corrected chi connectivity index (χ0v) is 17.9. The Balaban J connectivity index is 0.00000280. The minimum absolute atomic E-state index is 0. The Morgan fingerprint density at radius 3 is 2.68 bits per heavy atom. The summed E-state index contributed by atoms with van der Waals surface area (Å²) in [7, 11) is 1.83. The molecule has 0 bridgehead atoms. The summed E-state index contributed by atoms with van der Waals surface area (Å²) < 4.78 is 0. The first-order valence-corrected chi connectivity index (χ1v) is 10.3. The van der Waals surface area contributed by atoms with Gasteiger partial charge in [0.15, 0.2) is 0 Å². The summed E-state index contributed by atoms with van der Waals surface area (Å²) in [6.45, 7) is 4.37. The molecule has 1 unspecified atom stereocenters. The van der Waals surface area contributed by atoms with Crippen molar-refractivity contribution in [1.29, 1.82) is 0 Å². The summed E-state index contributed by atoms with van der Waals surface area (Å²) in [6, 6.07) is 0.0395. The number of nitrogens with zero attached hydrogens (tertiary/aromatic N) is 1. The van der Waals surface area contributed by atoms with Gasteiger partial charge >= 0.3 is 5.97 Å². The highest BCUT2D eigenvalue weighted by atomic mass is 35.5. The lowest BCUT2D eigenvalue weighted by molar-refractivity contribution is -0.163. The summed E-state index contributed by atoms with van der Waals surface area (Å²) in [4.78, 5) is 26.3. The van der Waals surface area contributed by atoms with Crippen LogP contribution in [0.1, 0.15) is 26.7 Å². The molecule has 8 nitrogen and oxygen atoms in total.